The molecule has 1 N–H and O–H groups in total. The lowest BCUT2D eigenvalue weighted by molar-refractivity contribution is 0.114. The van der Waals surface area contributed by atoms with E-state index in [1.54, 1.807) is 7.11 Å². The van der Waals surface area contributed by atoms with Crippen molar-refractivity contribution in [2.75, 3.05) is 47.0 Å². The molecular formula is C22H36IN3O2. The minimum atomic E-state index is 0. The number of halogens is 1. The summed E-state index contributed by atoms with van der Waals surface area (Å²) in [6, 6.07) is 8.61. The average Bonchev–Trinajstić information content (AvgIpc) is 3.37. The lowest BCUT2D eigenvalue weighted by Crippen LogP contribution is -2.46. The van der Waals surface area contributed by atoms with E-state index in [9.17, 15) is 0 Å². The van der Waals surface area contributed by atoms with Crippen LogP contribution >= 0.6 is 24.0 Å². The Bertz CT molecular complexity index is 632. The summed E-state index contributed by atoms with van der Waals surface area (Å²) in [5, 5.41) is 3.70. The van der Waals surface area contributed by atoms with Gasteiger partial charge in [-0.3, -0.25) is 4.99 Å². The summed E-state index contributed by atoms with van der Waals surface area (Å²) in [4.78, 5) is 6.96. The summed E-state index contributed by atoms with van der Waals surface area (Å²) in [5.41, 5.74) is 1.56. The van der Waals surface area contributed by atoms with Crippen molar-refractivity contribution in [3.63, 3.8) is 0 Å². The highest BCUT2D eigenvalue weighted by atomic mass is 127. The maximum atomic E-state index is 5.62. The summed E-state index contributed by atoms with van der Waals surface area (Å²) >= 11 is 0. The van der Waals surface area contributed by atoms with E-state index in [0.29, 0.717) is 5.92 Å². The number of hydrogen-bond acceptors (Lipinski definition) is 3. The maximum absolute atomic E-state index is 5.62. The fourth-order valence-electron chi connectivity index (χ4n) is 4.60. The molecule has 28 heavy (non-hydrogen) atoms. The van der Waals surface area contributed by atoms with Gasteiger partial charge in [0.25, 0.3) is 0 Å². The standard InChI is InChI=1S/C22H35N3O2.HI/c1-4-27-16-18-10-13-25(15-18)21(23-2)24-17-22(11-5-6-12-22)19-8-7-9-20(14-19)26-3;/h7-9,14,18H,4-6,10-13,15-17H2,1-3H3,(H,23,24);1H. The van der Waals surface area contributed by atoms with Gasteiger partial charge in [0.15, 0.2) is 5.96 Å². The number of nitrogens with zero attached hydrogens (tertiary/aromatic N) is 2. The molecule has 1 aliphatic heterocycles. The zero-order valence-electron chi connectivity index (χ0n) is 17.6. The van der Waals surface area contributed by atoms with Gasteiger partial charge < -0.3 is 19.7 Å². The zero-order chi connectivity index (χ0) is 19.1. The minimum absolute atomic E-state index is 0. The Morgan fingerprint density at radius 3 is 2.79 bits per heavy atom. The molecule has 5 nitrogen and oxygen atoms in total. The SMILES string of the molecule is CCOCC1CCN(C(=NC)NCC2(c3cccc(OC)c3)CCCC2)C1.I. The molecule has 1 aromatic carbocycles. The lowest BCUT2D eigenvalue weighted by atomic mass is 9.78. The van der Waals surface area contributed by atoms with Gasteiger partial charge in [-0.25, -0.2) is 0 Å². The third-order valence-corrected chi connectivity index (χ3v) is 6.18. The van der Waals surface area contributed by atoms with Gasteiger partial charge in [0, 0.05) is 44.6 Å². The molecule has 0 amide bonds. The van der Waals surface area contributed by atoms with Crippen LogP contribution in [0.5, 0.6) is 5.75 Å². The largest absolute Gasteiger partial charge is 0.497 e. The number of nitrogens with one attached hydrogen (secondary N) is 1. The fraction of sp³-hybridized carbons (Fsp3) is 0.682. The van der Waals surface area contributed by atoms with Crippen LogP contribution in [0.15, 0.2) is 29.3 Å². The second kappa shape index (κ2) is 11.2. The van der Waals surface area contributed by atoms with Crippen molar-refractivity contribution in [2.24, 2.45) is 10.9 Å². The van der Waals surface area contributed by atoms with Crippen molar-refractivity contribution in [3.05, 3.63) is 29.8 Å². The van der Waals surface area contributed by atoms with Crippen molar-refractivity contribution >= 4 is 29.9 Å². The van der Waals surface area contributed by atoms with Gasteiger partial charge in [-0.15, -0.1) is 24.0 Å². The number of rotatable bonds is 7. The molecule has 1 heterocycles. The molecule has 1 unspecified atom stereocenters. The number of aliphatic imine (C=N–C) groups is 1. The maximum Gasteiger partial charge on any atom is 0.193 e. The van der Waals surface area contributed by atoms with E-state index < -0.39 is 0 Å². The van der Waals surface area contributed by atoms with Crippen LogP contribution in [0.25, 0.3) is 0 Å². The van der Waals surface area contributed by atoms with E-state index in [4.69, 9.17) is 9.47 Å². The van der Waals surface area contributed by atoms with Gasteiger partial charge in [0.05, 0.1) is 13.7 Å². The average molecular weight is 501 g/mol. The van der Waals surface area contributed by atoms with Crippen molar-refractivity contribution in [3.8, 4) is 5.75 Å². The fourth-order valence-corrected chi connectivity index (χ4v) is 4.60. The van der Waals surface area contributed by atoms with Gasteiger partial charge in [-0.2, -0.15) is 0 Å². The van der Waals surface area contributed by atoms with Crippen LogP contribution in [-0.4, -0.2) is 57.9 Å². The highest BCUT2D eigenvalue weighted by Gasteiger charge is 2.36. The molecule has 0 spiro atoms. The summed E-state index contributed by atoms with van der Waals surface area (Å²) in [7, 11) is 3.64. The van der Waals surface area contributed by atoms with Crippen molar-refractivity contribution in [1.29, 1.82) is 0 Å². The third kappa shape index (κ3) is 5.53. The number of benzene rings is 1. The smallest absolute Gasteiger partial charge is 0.193 e. The van der Waals surface area contributed by atoms with Crippen LogP contribution in [0.1, 0.15) is 44.6 Å². The van der Waals surface area contributed by atoms with Crippen LogP contribution in [0.2, 0.25) is 0 Å². The zero-order valence-corrected chi connectivity index (χ0v) is 19.9. The van der Waals surface area contributed by atoms with Gasteiger partial charge in [0.1, 0.15) is 5.75 Å². The normalized spacial score (nSPS) is 21.5. The first-order valence-corrected chi connectivity index (χ1v) is 10.4. The van der Waals surface area contributed by atoms with Crippen molar-refractivity contribution in [1.82, 2.24) is 10.2 Å². The summed E-state index contributed by atoms with van der Waals surface area (Å²) in [5.74, 6) is 2.59. The molecule has 6 heteroatoms. The van der Waals surface area contributed by atoms with Gasteiger partial charge in [-0.1, -0.05) is 25.0 Å². The van der Waals surface area contributed by atoms with Crippen LogP contribution in [0.3, 0.4) is 0 Å². The third-order valence-electron chi connectivity index (χ3n) is 6.18. The van der Waals surface area contributed by atoms with E-state index in [0.717, 1.165) is 44.6 Å². The number of methoxy groups -OCH3 is 1. The Hall–Kier alpha value is -1.02. The van der Waals surface area contributed by atoms with Crippen molar-refractivity contribution < 1.29 is 9.47 Å². The molecule has 3 rings (SSSR count). The first-order chi connectivity index (χ1) is 13.2. The summed E-state index contributed by atoms with van der Waals surface area (Å²) < 4.78 is 11.1. The molecular weight excluding hydrogens is 465 g/mol. The van der Waals surface area contributed by atoms with E-state index in [2.05, 4.69) is 40.3 Å². The number of likely N-dealkylation sites (tertiary alicyclic amines) is 1. The van der Waals surface area contributed by atoms with Gasteiger partial charge in [-0.05, 0) is 43.9 Å². The topological polar surface area (TPSA) is 46.1 Å². The van der Waals surface area contributed by atoms with E-state index >= 15 is 0 Å². The van der Waals surface area contributed by atoms with Crippen molar-refractivity contribution in [2.45, 2.75) is 44.4 Å². The molecule has 1 saturated carbocycles. The molecule has 0 bridgehead atoms. The van der Waals surface area contributed by atoms with Crippen LogP contribution < -0.4 is 10.1 Å². The lowest BCUT2D eigenvalue weighted by Gasteiger charge is -2.32. The Labute approximate surface area is 187 Å². The Morgan fingerprint density at radius 1 is 1.32 bits per heavy atom. The second-order valence-electron chi connectivity index (χ2n) is 7.88. The van der Waals surface area contributed by atoms with Gasteiger partial charge >= 0.3 is 0 Å². The molecule has 2 aliphatic rings. The monoisotopic (exact) mass is 501 g/mol. The van der Waals surface area contributed by atoms with Gasteiger partial charge in [0.2, 0.25) is 0 Å². The molecule has 1 atom stereocenters. The molecule has 2 fully saturated rings. The molecule has 1 saturated heterocycles. The Morgan fingerprint density at radius 2 is 2.11 bits per heavy atom. The van der Waals surface area contributed by atoms with Crippen LogP contribution in [-0.2, 0) is 10.2 Å². The summed E-state index contributed by atoms with van der Waals surface area (Å²) in [6.07, 6.45) is 6.20. The minimum Gasteiger partial charge on any atom is -0.497 e. The predicted molar refractivity (Wildman–Crippen MR) is 126 cm³/mol. The van der Waals surface area contributed by atoms with Crippen LogP contribution in [0, 0.1) is 5.92 Å². The van der Waals surface area contributed by atoms with E-state index in [-0.39, 0.29) is 29.4 Å². The first kappa shape index (κ1) is 23.3. The molecule has 1 aromatic rings. The molecule has 0 radical (unpaired) electrons. The highest BCUT2D eigenvalue weighted by molar-refractivity contribution is 14.0. The quantitative estimate of drug-likeness (QED) is 0.348. The molecule has 1 aliphatic carbocycles. The van der Waals surface area contributed by atoms with E-state index in [1.165, 1.54) is 37.7 Å². The Kier molecular flexibility index (Phi) is 9.34. The number of hydrogen-bond donors (Lipinski definition) is 1. The Balaban J connectivity index is 0.00000280. The number of ether oxygens (including phenoxy) is 2. The summed E-state index contributed by atoms with van der Waals surface area (Å²) in [6.45, 7) is 6.74. The predicted octanol–water partition coefficient (Wildman–Crippen LogP) is 4.06. The molecule has 0 aromatic heterocycles. The van der Waals surface area contributed by atoms with E-state index in [1.807, 2.05) is 13.1 Å². The van der Waals surface area contributed by atoms with Crippen LogP contribution in [0.4, 0.5) is 0 Å². The molecule has 158 valence electrons. The highest BCUT2D eigenvalue weighted by Crippen LogP contribution is 2.41. The second-order valence-corrected chi connectivity index (χ2v) is 7.88. The number of guanidine groups is 1. The first-order valence-electron chi connectivity index (χ1n) is 10.4.